The lowest BCUT2D eigenvalue weighted by Crippen LogP contribution is -2.21. The van der Waals surface area contributed by atoms with Crippen LogP contribution in [0.15, 0.2) is 35.4 Å². The van der Waals surface area contributed by atoms with Crippen LogP contribution in [0.4, 0.5) is 0 Å². The van der Waals surface area contributed by atoms with E-state index in [1.54, 1.807) is 33.2 Å². The second-order valence-corrected chi connectivity index (χ2v) is 6.79. The Bertz CT molecular complexity index is 869. The van der Waals surface area contributed by atoms with Gasteiger partial charge in [-0.1, -0.05) is 12.1 Å². The molecule has 0 N–H and O–H groups in total. The summed E-state index contributed by atoms with van der Waals surface area (Å²) in [6, 6.07) is 11.1. The number of benzene rings is 1. The Morgan fingerprint density at radius 2 is 2.00 bits per heavy atom. The molecule has 2 rings (SSSR count). The number of pyridine rings is 1. The van der Waals surface area contributed by atoms with E-state index >= 15 is 0 Å². The molecular formula is C19H19N3O2S. The Morgan fingerprint density at radius 1 is 1.28 bits per heavy atom. The fourth-order valence-corrected chi connectivity index (χ4v) is 3.28. The minimum absolute atomic E-state index is 0.0515. The first kappa shape index (κ1) is 18.7. The third kappa shape index (κ3) is 4.46. The quantitative estimate of drug-likeness (QED) is 0.608. The SMILES string of the molecule is CC(=O)c1cc(C#N)c(SCc2cccc(C(=O)N(C)C)c2)nc1C. The molecule has 0 aliphatic heterocycles. The summed E-state index contributed by atoms with van der Waals surface area (Å²) in [5.41, 5.74) is 3.07. The number of hydrogen-bond acceptors (Lipinski definition) is 5. The molecule has 1 aromatic heterocycles. The monoisotopic (exact) mass is 353 g/mol. The number of nitriles is 1. The molecule has 0 aliphatic rings. The van der Waals surface area contributed by atoms with Crippen LogP contribution < -0.4 is 0 Å². The Balaban J connectivity index is 2.23. The van der Waals surface area contributed by atoms with E-state index in [1.807, 2.05) is 18.2 Å². The summed E-state index contributed by atoms with van der Waals surface area (Å²) in [7, 11) is 3.43. The van der Waals surface area contributed by atoms with Crippen LogP contribution in [0.1, 0.15) is 44.5 Å². The first-order valence-corrected chi connectivity index (χ1v) is 8.68. The number of aromatic nitrogens is 1. The Kier molecular flexibility index (Phi) is 5.94. The molecule has 0 saturated carbocycles. The van der Waals surface area contributed by atoms with Crippen LogP contribution in [0.3, 0.4) is 0 Å². The van der Waals surface area contributed by atoms with Crippen LogP contribution in [-0.4, -0.2) is 35.7 Å². The molecule has 0 spiro atoms. The van der Waals surface area contributed by atoms with E-state index in [0.29, 0.717) is 33.2 Å². The summed E-state index contributed by atoms with van der Waals surface area (Å²) in [5.74, 6) is 0.423. The van der Waals surface area contributed by atoms with E-state index in [0.717, 1.165) is 5.56 Å². The molecule has 5 nitrogen and oxygen atoms in total. The van der Waals surface area contributed by atoms with Crippen molar-refractivity contribution in [1.82, 2.24) is 9.88 Å². The van der Waals surface area contributed by atoms with Crippen LogP contribution in [0.5, 0.6) is 0 Å². The second-order valence-electron chi connectivity index (χ2n) is 5.83. The van der Waals surface area contributed by atoms with Crippen LogP contribution in [0.25, 0.3) is 0 Å². The molecular weight excluding hydrogens is 334 g/mol. The number of nitrogens with zero attached hydrogens (tertiary/aromatic N) is 3. The molecule has 0 aliphatic carbocycles. The number of amides is 1. The predicted octanol–water partition coefficient (Wildman–Crippen LogP) is 3.46. The van der Waals surface area contributed by atoms with Crippen LogP contribution in [-0.2, 0) is 5.75 Å². The Hall–Kier alpha value is -2.65. The van der Waals surface area contributed by atoms with Crippen molar-refractivity contribution in [3.63, 3.8) is 0 Å². The highest BCUT2D eigenvalue weighted by atomic mass is 32.2. The van der Waals surface area contributed by atoms with Gasteiger partial charge >= 0.3 is 0 Å². The van der Waals surface area contributed by atoms with Gasteiger partial charge in [-0.05, 0) is 37.6 Å². The molecule has 0 saturated heterocycles. The van der Waals surface area contributed by atoms with Gasteiger partial charge in [0.25, 0.3) is 5.91 Å². The van der Waals surface area contributed by atoms with Gasteiger partial charge in [0.05, 0.1) is 5.56 Å². The van der Waals surface area contributed by atoms with Gasteiger partial charge < -0.3 is 4.90 Å². The molecule has 25 heavy (non-hydrogen) atoms. The summed E-state index contributed by atoms with van der Waals surface area (Å²) in [4.78, 5) is 29.6. The van der Waals surface area contributed by atoms with E-state index < -0.39 is 0 Å². The summed E-state index contributed by atoms with van der Waals surface area (Å²) in [5, 5.41) is 9.92. The third-order valence-corrected chi connectivity index (χ3v) is 4.70. The fraction of sp³-hybridized carbons (Fsp3) is 0.263. The number of hydrogen-bond donors (Lipinski definition) is 0. The van der Waals surface area contributed by atoms with Gasteiger partial charge in [-0.3, -0.25) is 9.59 Å². The number of aryl methyl sites for hydroxylation is 1. The van der Waals surface area contributed by atoms with Gasteiger partial charge in [0, 0.05) is 36.7 Å². The standard InChI is InChI=1S/C19H19N3O2S/c1-12-17(13(2)23)9-16(10-20)18(21-12)25-11-14-6-5-7-15(8-14)19(24)22(3)4/h5-9H,11H2,1-4H3. The van der Waals surface area contributed by atoms with Crippen molar-refractivity contribution in [3.05, 3.63) is 58.3 Å². The molecule has 0 unspecified atom stereocenters. The summed E-state index contributed by atoms with van der Waals surface area (Å²) >= 11 is 1.42. The minimum Gasteiger partial charge on any atom is -0.345 e. The molecule has 1 aromatic carbocycles. The van der Waals surface area contributed by atoms with Crippen LogP contribution >= 0.6 is 11.8 Å². The van der Waals surface area contributed by atoms with Crippen molar-refractivity contribution in [2.45, 2.75) is 24.6 Å². The molecule has 1 amide bonds. The second kappa shape index (κ2) is 7.95. The van der Waals surface area contributed by atoms with Crippen molar-refractivity contribution in [1.29, 1.82) is 5.26 Å². The van der Waals surface area contributed by atoms with Crippen molar-refractivity contribution in [2.24, 2.45) is 0 Å². The maximum Gasteiger partial charge on any atom is 0.253 e. The van der Waals surface area contributed by atoms with Gasteiger partial charge in [-0.25, -0.2) is 4.98 Å². The molecule has 128 valence electrons. The molecule has 6 heteroatoms. The highest BCUT2D eigenvalue weighted by Gasteiger charge is 2.13. The zero-order valence-electron chi connectivity index (χ0n) is 14.7. The minimum atomic E-state index is -0.104. The number of rotatable bonds is 5. The topological polar surface area (TPSA) is 74.1 Å². The Labute approximate surface area is 151 Å². The number of ketones is 1. The lowest BCUT2D eigenvalue weighted by Gasteiger charge is -2.11. The van der Waals surface area contributed by atoms with Gasteiger partial charge in [0.1, 0.15) is 11.1 Å². The molecule has 0 fully saturated rings. The zero-order chi connectivity index (χ0) is 18.6. The zero-order valence-corrected chi connectivity index (χ0v) is 15.5. The van der Waals surface area contributed by atoms with Gasteiger partial charge in [-0.2, -0.15) is 5.26 Å². The predicted molar refractivity (Wildman–Crippen MR) is 97.7 cm³/mol. The fourth-order valence-electron chi connectivity index (χ4n) is 2.33. The summed E-state index contributed by atoms with van der Waals surface area (Å²) in [6.07, 6.45) is 0. The van der Waals surface area contributed by atoms with E-state index in [2.05, 4.69) is 11.1 Å². The molecule has 0 atom stereocenters. The molecule has 0 bridgehead atoms. The van der Waals surface area contributed by atoms with Gasteiger partial charge in [-0.15, -0.1) is 11.8 Å². The average molecular weight is 353 g/mol. The Morgan fingerprint density at radius 3 is 2.60 bits per heavy atom. The van der Waals surface area contributed by atoms with E-state index in [1.165, 1.54) is 23.6 Å². The molecule has 1 heterocycles. The molecule has 2 aromatic rings. The van der Waals surface area contributed by atoms with E-state index in [4.69, 9.17) is 0 Å². The maximum atomic E-state index is 12.0. The van der Waals surface area contributed by atoms with Crippen LogP contribution in [0, 0.1) is 18.3 Å². The van der Waals surface area contributed by atoms with Crippen molar-refractivity contribution in [3.8, 4) is 6.07 Å². The number of carbonyl (C=O) groups excluding carboxylic acids is 2. The number of carbonyl (C=O) groups is 2. The average Bonchev–Trinajstić information content (AvgIpc) is 2.59. The first-order valence-electron chi connectivity index (χ1n) is 7.69. The number of thioether (sulfide) groups is 1. The van der Waals surface area contributed by atoms with Crippen molar-refractivity contribution >= 4 is 23.5 Å². The smallest absolute Gasteiger partial charge is 0.253 e. The summed E-state index contributed by atoms with van der Waals surface area (Å²) < 4.78 is 0. The van der Waals surface area contributed by atoms with Gasteiger partial charge in [0.2, 0.25) is 0 Å². The van der Waals surface area contributed by atoms with Crippen molar-refractivity contribution < 1.29 is 9.59 Å². The third-order valence-electron chi connectivity index (χ3n) is 3.63. The summed E-state index contributed by atoms with van der Waals surface area (Å²) in [6.45, 7) is 3.23. The van der Waals surface area contributed by atoms with Crippen molar-refractivity contribution in [2.75, 3.05) is 14.1 Å². The van der Waals surface area contributed by atoms with E-state index in [9.17, 15) is 14.9 Å². The van der Waals surface area contributed by atoms with Crippen LogP contribution in [0.2, 0.25) is 0 Å². The lowest BCUT2D eigenvalue weighted by molar-refractivity contribution is 0.0827. The largest absolute Gasteiger partial charge is 0.345 e. The highest BCUT2D eigenvalue weighted by Crippen LogP contribution is 2.26. The highest BCUT2D eigenvalue weighted by molar-refractivity contribution is 7.98. The van der Waals surface area contributed by atoms with E-state index in [-0.39, 0.29) is 11.7 Å². The maximum absolute atomic E-state index is 12.0. The lowest BCUT2D eigenvalue weighted by atomic mass is 10.1. The normalized spacial score (nSPS) is 10.2. The first-order chi connectivity index (χ1) is 11.8. The van der Waals surface area contributed by atoms with Gasteiger partial charge in [0.15, 0.2) is 5.78 Å². The molecule has 0 radical (unpaired) electrons. The number of Topliss-reactive ketones (excluding diaryl/α,β-unsaturated/α-hetero) is 1.